The van der Waals surface area contributed by atoms with Gasteiger partial charge in [0.2, 0.25) is 5.91 Å². The molecule has 2 aromatic rings. The van der Waals surface area contributed by atoms with Crippen molar-refractivity contribution in [3.8, 4) is 0 Å². The molecule has 0 unspecified atom stereocenters. The van der Waals surface area contributed by atoms with Crippen molar-refractivity contribution in [3.63, 3.8) is 0 Å². The van der Waals surface area contributed by atoms with E-state index in [0.717, 1.165) is 38.4 Å². The molecule has 2 aliphatic rings. The van der Waals surface area contributed by atoms with Crippen LogP contribution in [0.4, 0.5) is 5.82 Å². The summed E-state index contributed by atoms with van der Waals surface area (Å²) in [6.45, 7) is 7.74. The predicted molar refractivity (Wildman–Crippen MR) is 104 cm³/mol. The number of carbonyl (C=O) groups excluding carboxylic acids is 1. The van der Waals surface area contributed by atoms with E-state index in [0.29, 0.717) is 17.7 Å². The van der Waals surface area contributed by atoms with Gasteiger partial charge in [-0.1, -0.05) is 44.2 Å². The van der Waals surface area contributed by atoms with Crippen LogP contribution in [0.15, 0.2) is 48.7 Å². The highest BCUT2D eigenvalue weighted by atomic mass is 16.2. The molecule has 1 amide bonds. The van der Waals surface area contributed by atoms with Crippen LogP contribution in [0.3, 0.4) is 0 Å². The van der Waals surface area contributed by atoms with Crippen LogP contribution in [-0.4, -0.2) is 42.0 Å². The van der Waals surface area contributed by atoms with Gasteiger partial charge in [-0.2, -0.15) is 0 Å². The standard InChI is InChI=1S/C22H27N3O/c1-16(2)17-6-8-18(9-7-17)19-15-20(19)22(26)25-13-11-24(12-14-25)21-5-3-4-10-23-21/h3-10,16,19-20H,11-15H2,1-2H3/t19-,20+/m0/s1. The maximum atomic E-state index is 12.9. The zero-order valence-corrected chi connectivity index (χ0v) is 15.6. The number of pyridine rings is 1. The number of anilines is 1. The van der Waals surface area contributed by atoms with E-state index in [1.165, 1.54) is 11.1 Å². The van der Waals surface area contributed by atoms with E-state index in [4.69, 9.17) is 0 Å². The molecule has 4 nitrogen and oxygen atoms in total. The summed E-state index contributed by atoms with van der Waals surface area (Å²) in [5, 5.41) is 0. The second-order valence-corrected chi connectivity index (χ2v) is 7.77. The van der Waals surface area contributed by atoms with Crippen LogP contribution in [0.2, 0.25) is 0 Å². The molecule has 1 saturated heterocycles. The Labute approximate surface area is 155 Å². The lowest BCUT2D eigenvalue weighted by Gasteiger charge is -2.35. The number of rotatable bonds is 4. The van der Waals surface area contributed by atoms with Gasteiger partial charge in [0.25, 0.3) is 0 Å². The fraction of sp³-hybridized carbons (Fsp3) is 0.455. The smallest absolute Gasteiger partial charge is 0.226 e. The first-order valence-corrected chi connectivity index (χ1v) is 9.68. The van der Waals surface area contributed by atoms with Crippen molar-refractivity contribution in [1.29, 1.82) is 0 Å². The lowest BCUT2D eigenvalue weighted by molar-refractivity contribution is -0.133. The molecule has 0 bridgehead atoms. The van der Waals surface area contributed by atoms with E-state index < -0.39 is 0 Å². The number of amides is 1. The summed E-state index contributed by atoms with van der Waals surface area (Å²) in [7, 11) is 0. The van der Waals surface area contributed by atoms with E-state index >= 15 is 0 Å². The Morgan fingerprint density at radius 2 is 1.77 bits per heavy atom. The molecule has 1 aromatic carbocycles. The third kappa shape index (κ3) is 3.46. The molecule has 0 N–H and O–H groups in total. The second-order valence-electron chi connectivity index (χ2n) is 7.77. The molecule has 1 aromatic heterocycles. The summed E-state index contributed by atoms with van der Waals surface area (Å²) in [6, 6.07) is 14.8. The molecular weight excluding hydrogens is 322 g/mol. The number of hydrogen-bond donors (Lipinski definition) is 0. The highest BCUT2D eigenvalue weighted by Crippen LogP contribution is 2.48. The second kappa shape index (κ2) is 7.10. The van der Waals surface area contributed by atoms with Crippen molar-refractivity contribution in [3.05, 3.63) is 59.8 Å². The quantitative estimate of drug-likeness (QED) is 0.845. The number of aromatic nitrogens is 1. The fourth-order valence-electron chi connectivity index (χ4n) is 3.90. The average molecular weight is 349 g/mol. The maximum Gasteiger partial charge on any atom is 0.226 e. The Hall–Kier alpha value is -2.36. The van der Waals surface area contributed by atoms with Gasteiger partial charge in [-0.3, -0.25) is 4.79 Å². The molecular formula is C22H27N3O. The summed E-state index contributed by atoms with van der Waals surface area (Å²) < 4.78 is 0. The lowest BCUT2D eigenvalue weighted by Crippen LogP contribution is -2.49. The Kier molecular flexibility index (Phi) is 4.66. The Bertz CT molecular complexity index is 749. The molecule has 4 rings (SSSR count). The molecule has 2 fully saturated rings. The number of benzene rings is 1. The summed E-state index contributed by atoms with van der Waals surface area (Å²) in [6.07, 6.45) is 2.83. The van der Waals surface area contributed by atoms with E-state index in [-0.39, 0.29) is 5.92 Å². The topological polar surface area (TPSA) is 36.4 Å². The van der Waals surface area contributed by atoms with Gasteiger partial charge in [0.15, 0.2) is 0 Å². The lowest BCUT2D eigenvalue weighted by atomic mass is 10.00. The van der Waals surface area contributed by atoms with Crippen molar-refractivity contribution in [2.24, 2.45) is 5.92 Å². The number of carbonyl (C=O) groups is 1. The highest BCUT2D eigenvalue weighted by molar-refractivity contribution is 5.83. The van der Waals surface area contributed by atoms with Crippen LogP contribution in [0.25, 0.3) is 0 Å². The van der Waals surface area contributed by atoms with Gasteiger partial charge in [-0.25, -0.2) is 4.98 Å². The predicted octanol–water partition coefficient (Wildman–Crippen LogP) is 3.66. The summed E-state index contributed by atoms with van der Waals surface area (Å²) in [5.41, 5.74) is 2.68. The van der Waals surface area contributed by atoms with E-state index in [1.807, 2.05) is 29.3 Å². The monoisotopic (exact) mass is 349 g/mol. The normalized spacial score (nSPS) is 22.6. The number of piperazine rings is 1. The zero-order valence-electron chi connectivity index (χ0n) is 15.6. The highest BCUT2D eigenvalue weighted by Gasteiger charge is 2.46. The minimum Gasteiger partial charge on any atom is -0.353 e. The molecule has 2 atom stereocenters. The molecule has 1 aliphatic heterocycles. The Balaban J connectivity index is 1.32. The van der Waals surface area contributed by atoms with Crippen LogP contribution in [0, 0.1) is 5.92 Å². The van der Waals surface area contributed by atoms with Gasteiger partial charge in [-0.15, -0.1) is 0 Å². The molecule has 2 heterocycles. The van der Waals surface area contributed by atoms with E-state index in [2.05, 4.69) is 48.0 Å². The summed E-state index contributed by atoms with van der Waals surface area (Å²) in [4.78, 5) is 21.6. The minimum atomic E-state index is 0.182. The Morgan fingerprint density at radius 3 is 2.38 bits per heavy atom. The number of nitrogens with zero attached hydrogens (tertiary/aromatic N) is 3. The molecule has 4 heteroatoms. The van der Waals surface area contributed by atoms with Gasteiger partial charge in [0.1, 0.15) is 5.82 Å². The van der Waals surface area contributed by atoms with Crippen molar-refractivity contribution >= 4 is 11.7 Å². The van der Waals surface area contributed by atoms with Gasteiger partial charge in [-0.05, 0) is 41.5 Å². The van der Waals surface area contributed by atoms with Crippen molar-refractivity contribution < 1.29 is 4.79 Å². The number of hydrogen-bond acceptors (Lipinski definition) is 3. The van der Waals surface area contributed by atoms with E-state index in [9.17, 15) is 4.79 Å². The first-order chi connectivity index (χ1) is 12.6. The molecule has 26 heavy (non-hydrogen) atoms. The van der Waals surface area contributed by atoms with Crippen LogP contribution in [-0.2, 0) is 4.79 Å². The summed E-state index contributed by atoms with van der Waals surface area (Å²) >= 11 is 0. The summed E-state index contributed by atoms with van der Waals surface area (Å²) in [5.74, 6) is 2.49. The van der Waals surface area contributed by atoms with Crippen molar-refractivity contribution in [2.75, 3.05) is 31.1 Å². The van der Waals surface area contributed by atoms with Crippen molar-refractivity contribution in [1.82, 2.24) is 9.88 Å². The van der Waals surface area contributed by atoms with Crippen molar-refractivity contribution in [2.45, 2.75) is 32.1 Å². The third-order valence-electron chi connectivity index (χ3n) is 5.70. The third-order valence-corrected chi connectivity index (χ3v) is 5.70. The molecule has 0 spiro atoms. The van der Waals surface area contributed by atoms with Gasteiger partial charge < -0.3 is 9.80 Å². The fourth-order valence-corrected chi connectivity index (χ4v) is 3.90. The van der Waals surface area contributed by atoms with Gasteiger partial charge in [0, 0.05) is 38.3 Å². The van der Waals surface area contributed by atoms with Crippen LogP contribution in [0.5, 0.6) is 0 Å². The minimum absolute atomic E-state index is 0.182. The Morgan fingerprint density at radius 1 is 1.04 bits per heavy atom. The zero-order chi connectivity index (χ0) is 18.1. The van der Waals surface area contributed by atoms with Crippen LogP contribution in [0.1, 0.15) is 43.2 Å². The molecule has 136 valence electrons. The van der Waals surface area contributed by atoms with Gasteiger partial charge >= 0.3 is 0 Å². The SMILES string of the molecule is CC(C)c1ccc([C@@H]2C[C@H]2C(=O)N2CCN(c3ccccn3)CC2)cc1. The first kappa shape index (κ1) is 17.1. The average Bonchev–Trinajstić information content (AvgIpc) is 3.49. The molecule has 1 saturated carbocycles. The van der Waals surface area contributed by atoms with Crippen LogP contribution >= 0.6 is 0 Å². The first-order valence-electron chi connectivity index (χ1n) is 9.68. The molecule has 0 radical (unpaired) electrons. The maximum absolute atomic E-state index is 12.9. The largest absolute Gasteiger partial charge is 0.353 e. The van der Waals surface area contributed by atoms with Crippen LogP contribution < -0.4 is 4.90 Å². The van der Waals surface area contributed by atoms with E-state index in [1.54, 1.807) is 0 Å². The van der Waals surface area contributed by atoms with Gasteiger partial charge in [0.05, 0.1) is 0 Å². The molecule has 1 aliphatic carbocycles.